The molecule has 0 bridgehead atoms. The normalized spacial score (nSPS) is 24.0. The first-order valence-corrected chi connectivity index (χ1v) is 14.2. The van der Waals surface area contributed by atoms with Crippen LogP contribution in [0.25, 0.3) is 0 Å². The SMILES string of the molecule is O=S(=O)(NC1CCC(CCN2CCC(c3cccc4c3CCO4)CC2)CC1)c1ccc(F)cc1. The Balaban J connectivity index is 1.04. The zero-order valence-electron chi connectivity index (χ0n) is 19.7. The van der Waals surface area contributed by atoms with Crippen LogP contribution in [0.2, 0.25) is 0 Å². The topological polar surface area (TPSA) is 58.6 Å². The van der Waals surface area contributed by atoms with Crippen molar-refractivity contribution in [1.82, 2.24) is 9.62 Å². The van der Waals surface area contributed by atoms with Gasteiger partial charge in [-0.05, 0) is 112 Å². The van der Waals surface area contributed by atoms with E-state index in [4.69, 9.17) is 4.74 Å². The highest BCUT2D eigenvalue weighted by atomic mass is 32.2. The van der Waals surface area contributed by atoms with Crippen LogP contribution in [0.5, 0.6) is 5.75 Å². The second kappa shape index (κ2) is 10.3. The van der Waals surface area contributed by atoms with E-state index in [1.54, 1.807) is 0 Å². The molecule has 1 N–H and O–H groups in total. The summed E-state index contributed by atoms with van der Waals surface area (Å²) in [5.41, 5.74) is 2.95. The van der Waals surface area contributed by atoms with E-state index in [0.717, 1.165) is 64.1 Å². The van der Waals surface area contributed by atoms with Crippen LogP contribution < -0.4 is 9.46 Å². The summed E-state index contributed by atoms with van der Waals surface area (Å²) in [5, 5.41) is 0. The maximum absolute atomic E-state index is 13.1. The molecule has 0 spiro atoms. The summed E-state index contributed by atoms with van der Waals surface area (Å²) < 4.78 is 46.8. The van der Waals surface area contributed by atoms with Gasteiger partial charge in [-0.2, -0.15) is 0 Å². The molecule has 7 heteroatoms. The van der Waals surface area contributed by atoms with Crippen LogP contribution in [-0.4, -0.2) is 45.6 Å². The second-order valence-electron chi connectivity index (χ2n) is 10.1. The van der Waals surface area contributed by atoms with Crippen LogP contribution in [0, 0.1) is 11.7 Å². The van der Waals surface area contributed by atoms with E-state index in [1.165, 1.54) is 54.7 Å². The van der Waals surface area contributed by atoms with Gasteiger partial charge in [0.15, 0.2) is 0 Å². The third-order valence-electron chi connectivity index (χ3n) is 7.95. The number of nitrogens with zero attached hydrogens (tertiary/aromatic N) is 1. The van der Waals surface area contributed by atoms with E-state index in [9.17, 15) is 12.8 Å². The number of ether oxygens (including phenoxy) is 1. The molecule has 0 aromatic heterocycles. The Morgan fingerprint density at radius 1 is 0.971 bits per heavy atom. The Morgan fingerprint density at radius 3 is 2.44 bits per heavy atom. The van der Waals surface area contributed by atoms with Gasteiger partial charge < -0.3 is 9.64 Å². The average molecular weight is 487 g/mol. The van der Waals surface area contributed by atoms with E-state index in [0.29, 0.717) is 11.8 Å². The number of hydrogen-bond donors (Lipinski definition) is 1. The number of piperidine rings is 1. The van der Waals surface area contributed by atoms with Gasteiger partial charge in [-0.3, -0.25) is 0 Å². The van der Waals surface area contributed by atoms with Gasteiger partial charge in [0.25, 0.3) is 0 Å². The van der Waals surface area contributed by atoms with Crippen LogP contribution in [0.4, 0.5) is 4.39 Å². The van der Waals surface area contributed by atoms with E-state index < -0.39 is 15.8 Å². The molecule has 1 saturated heterocycles. The van der Waals surface area contributed by atoms with Gasteiger partial charge in [-0.1, -0.05) is 12.1 Å². The monoisotopic (exact) mass is 486 g/mol. The van der Waals surface area contributed by atoms with Crippen molar-refractivity contribution < 1.29 is 17.5 Å². The molecule has 2 heterocycles. The lowest BCUT2D eigenvalue weighted by atomic mass is 9.83. The summed E-state index contributed by atoms with van der Waals surface area (Å²) in [5.74, 6) is 1.98. The fourth-order valence-electron chi connectivity index (χ4n) is 5.93. The minimum absolute atomic E-state index is 0.0290. The van der Waals surface area contributed by atoms with Crippen molar-refractivity contribution in [3.8, 4) is 5.75 Å². The molecule has 2 aromatic rings. The minimum atomic E-state index is -3.59. The molecule has 0 atom stereocenters. The molecule has 1 aliphatic carbocycles. The Morgan fingerprint density at radius 2 is 1.71 bits per heavy atom. The van der Waals surface area contributed by atoms with E-state index in [1.807, 2.05) is 0 Å². The van der Waals surface area contributed by atoms with Gasteiger partial charge in [0.05, 0.1) is 11.5 Å². The largest absolute Gasteiger partial charge is 0.493 e. The van der Waals surface area contributed by atoms with E-state index >= 15 is 0 Å². The van der Waals surface area contributed by atoms with Gasteiger partial charge in [0.1, 0.15) is 11.6 Å². The number of hydrogen-bond acceptors (Lipinski definition) is 4. The molecule has 5 rings (SSSR count). The fraction of sp³-hybridized carbons (Fsp3) is 0.556. The molecule has 5 nitrogen and oxygen atoms in total. The summed E-state index contributed by atoms with van der Waals surface area (Å²) in [4.78, 5) is 2.74. The third kappa shape index (κ3) is 5.47. The number of likely N-dealkylation sites (tertiary alicyclic amines) is 1. The average Bonchev–Trinajstić information content (AvgIpc) is 3.33. The van der Waals surface area contributed by atoms with E-state index in [2.05, 4.69) is 27.8 Å². The molecule has 0 radical (unpaired) electrons. The number of benzene rings is 2. The van der Waals surface area contributed by atoms with Crippen LogP contribution in [0.1, 0.15) is 62.0 Å². The number of rotatable bonds is 7. The lowest BCUT2D eigenvalue weighted by Crippen LogP contribution is -2.38. The van der Waals surface area contributed by atoms with Gasteiger partial charge in [0, 0.05) is 18.0 Å². The number of nitrogens with one attached hydrogen (secondary N) is 1. The summed E-state index contributed by atoms with van der Waals surface area (Å²) in [6.45, 7) is 4.27. The quantitative estimate of drug-likeness (QED) is 0.607. The first-order chi connectivity index (χ1) is 16.5. The van der Waals surface area contributed by atoms with Gasteiger partial charge in [0.2, 0.25) is 10.0 Å². The van der Waals surface area contributed by atoms with Gasteiger partial charge in [-0.15, -0.1) is 0 Å². The fourth-order valence-corrected chi connectivity index (χ4v) is 7.24. The zero-order chi connectivity index (χ0) is 23.5. The summed E-state index contributed by atoms with van der Waals surface area (Å²) >= 11 is 0. The summed E-state index contributed by atoms with van der Waals surface area (Å²) in [6, 6.07) is 11.5. The van der Waals surface area contributed by atoms with Crippen LogP contribution in [-0.2, 0) is 16.4 Å². The Bertz CT molecular complexity index is 1070. The zero-order valence-corrected chi connectivity index (χ0v) is 20.5. The Hall–Kier alpha value is -1.96. The molecular weight excluding hydrogens is 451 g/mol. The molecule has 0 unspecified atom stereocenters. The smallest absolute Gasteiger partial charge is 0.240 e. The molecule has 2 fully saturated rings. The molecule has 2 aromatic carbocycles. The molecule has 2 aliphatic heterocycles. The van der Waals surface area contributed by atoms with Gasteiger partial charge in [-0.25, -0.2) is 17.5 Å². The minimum Gasteiger partial charge on any atom is -0.493 e. The number of fused-ring (bicyclic) bond motifs is 1. The summed E-state index contributed by atoms with van der Waals surface area (Å²) in [6.07, 6.45) is 8.53. The standard InChI is InChI=1S/C27H35FN2O3S/c28-22-6-10-24(11-7-22)34(31,32)29-23-8-4-20(5-9-23)12-16-30-17-13-21(14-18-30)25-2-1-3-27-26(25)15-19-33-27/h1-3,6-7,10-11,20-21,23,29H,4-5,8-9,12-19H2. The van der Waals surface area contributed by atoms with Crippen LogP contribution in [0.3, 0.4) is 0 Å². The number of sulfonamides is 1. The maximum Gasteiger partial charge on any atom is 0.240 e. The molecule has 0 amide bonds. The Kier molecular flexibility index (Phi) is 7.23. The Labute approximate surface area is 202 Å². The van der Waals surface area contributed by atoms with Crippen LogP contribution in [0.15, 0.2) is 47.4 Å². The molecule has 184 valence electrons. The molecular formula is C27H35FN2O3S. The first kappa shape index (κ1) is 23.8. The van der Waals surface area contributed by atoms with Crippen molar-refractivity contribution in [2.45, 2.75) is 68.2 Å². The van der Waals surface area contributed by atoms with Crippen molar-refractivity contribution in [2.75, 3.05) is 26.2 Å². The lowest BCUT2D eigenvalue weighted by molar-refractivity contribution is 0.185. The highest BCUT2D eigenvalue weighted by Crippen LogP contribution is 2.37. The van der Waals surface area contributed by atoms with E-state index in [-0.39, 0.29) is 10.9 Å². The van der Waals surface area contributed by atoms with Crippen molar-refractivity contribution in [1.29, 1.82) is 0 Å². The van der Waals surface area contributed by atoms with Crippen molar-refractivity contribution in [3.63, 3.8) is 0 Å². The lowest BCUT2D eigenvalue weighted by Gasteiger charge is -2.35. The second-order valence-corrected chi connectivity index (χ2v) is 11.8. The van der Waals surface area contributed by atoms with Crippen molar-refractivity contribution in [3.05, 3.63) is 59.4 Å². The molecule has 1 saturated carbocycles. The van der Waals surface area contributed by atoms with Crippen LogP contribution >= 0.6 is 0 Å². The van der Waals surface area contributed by atoms with Crippen molar-refractivity contribution >= 4 is 10.0 Å². The van der Waals surface area contributed by atoms with Gasteiger partial charge >= 0.3 is 0 Å². The maximum atomic E-state index is 13.1. The predicted molar refractivity (Wildman–Crippen MR) is 131 cm³/mol. The highest BCUT2D eigenvalue weighted by Gasteiger charge is 2.28. The highest BCUT2D eigenvalue weighted by molar-refractivity contribution is 7.89. The first-order valence-electron chi connectivity index (χ1n) is 12.7. The predicted octanol–water partition coefficient (Wildman–Crippen LogP) is 4.87. The number of halogens is 1. The summed E-state index contributed by atoms with van der Waals surface area (Å²) in [7, 11) is -3.59. The molecule has 3 aliphatic rings. The third-order valence-corrected chi connectivity index (χ3v) is 9.49. The molecule has 34 heavy (non-hydrogen) atoms. The van der Waals surface area contributed by atoms with Crippen molar-refractivity contribution in [2.24, 2.45) is 5.92 Å².